The fourth-order valence-corrected chi connectivity index (χ4v) is 2.60. The Morgan fingerprint density at radius 1 is 1.03 bits per heavy atom. The maximum absolute atomic E-state index is 12.6. The molecule has 0 aliphatic rings. The average molecular weight is 414 g/mol. The summed E-state index contributed by atoms with van der Waals surface area (Å²) in [5, 5.41) is 8.70. The van der Waals surface area contributed by atoms with Gasteiger partial charge in [-0.2, -0.15) is 0 Å². The van der Waals surface area contributed by atoms with E-state index in [2.05, 4.69) is 0 Å². The lowest BCUT2D eigenvalue weighted by Crippen LogP contribution is -2.23. The van der Waals surface area contributed by atoms with Crippen LogP contribution in [-0.4, -0.2) is 43.3 Å². The molecular weight excluding hydrogens is 388 g/mol. The summed E-state index contributed by atoms with van der Waals surface area (Å²) in [5.74, 6) is 0.413. The Bertz CT molecular complexity index is 939. The van der Waals surface area contributed by atoms with E-state index in [-0.39, 0.29) is 5.78 Å². The molecule has 0 aliphatic carbocycles. The second-order valence-corrected chi connectivity index (χ2v) is 7.38. The first kappa shape index (κ1) is 22.8. The molecule has 0 bridgehead atoms. The van der Waals surface area contributed by atoms with Crippen molar-refractivity contribution in [1.29, 1.82) is 0 Å². The maximum Gasteiger partial charge on any atom is 0.341 e. The lowest BCUT2D eigenvalue weighted by molar-refractivity contribution is -0.139. The van der Waals surface area contributed by atoms with Crippen LogP contribution in [0.5, 0.6) is 23.0 Å². The van der Waals surface area contributed by atoms with Gasteiger partial charge < -0.3 is 24.1 Å². The van der Waals surface area contributed by atoms with E-state index in [1.807, 2.05) is 20.8 Å². The normalized spacial score (nSPS) is 11.2. The zero-order valence-corrected chi connectivity index (χ0v) is 17.7. The van der Waals surface area contributed by atoms with Gasteiger partial charge in [-0.1, -0.05) is 18.2 Å². The Balaban J connectivity index is 2.28. The molecule has 0 saturated carbocycles. The maximum atomic E-state index is 12.6. The third-order valence-corrected chi connectivity index (χ3v) is 3.79. The van der Waals surface area contributed by atoms with Crippen molar-refractivity contribution in [2.75, 3.05) is 20.8 Å². The number of ether oxygens (including phenoxy) is 4. The van der Waals surface area contributed by atoms with Gasteiger partial charge in [0.15, 0.2) is 23.9 Å². The van der Waals surface area contributed by atoms with Gasteiger partial charge in [-0.15, -0.1) is 0 Å². The highest BCUT2D eigenvalue weighted by Crippen LogP contribution is 2.40. The van der Waals surface area contributed by atoms with E-state index in [9.17, 15) is 9.59 Å². The van der Waals surface area contributed by atoms with Crippen molar-refractivity contribution in [3.63, 3.8) is 0 Å². The summed E-state index contributed by atoms with van der Waals surface area (Å²) in [6.07, 6.45) is 3.06. The van der Waals surface area contributed by atoms with Gasteiger partial charge in [-0.05, 0) is 56.7 Å². The molecule has 0 heterocycles. The van der Waals surface area contributed by atoms with E-state index in [4.69, 9.17) is 24.1 Å². The zero-order chi connectivity index (χ0) is 22.3. The molecule has 0 aromatic heterocycles. The van der Waals surface area contributed by atoms with Crippen molar-refractivity contribution < 1.29 is 33.6 Å². The third kappa shape index (κ3) is 6.55. The lowest BCUT2D eigenvalue weighted by atomic mass is 10.1. The van der Waals surface area contributed by atoms with Crippen LogP contribution in [0.25, 0.3) is 6.08 Å². The molecule has 2 aromatic carbocycles. The summed E-state index contributed by atoms with van der Waals surface area (Å²) in [6.45, 7) is 5.29. The van der Waals surface area contributed by atoms with Crippen LogP contribution in [0, 0.1) is 0 Å². The Kier molecular flexibility index (Phi) is 7.47. The minimum absolute atomic E-state index is 0.260. The molecule has 0 aliphatic heterocycles. The molecule has 7 nitrogen and oxygen atoms in total. The van der Waals surface area contributed by atoms with E-state index in [1.54, 1.807) is 36.4 Å². The molecule has 2 rings (SSSR count). The fourth-order valence-electron chi connectivity index (χ4n) is 2.60. The molecule has 160 valence electrons. The van der Waals surface area contributed by atoms with Crippen molar-refractivity contribution in [2.45, 2.75) is 26.4 Å². The van der Waals surface area contributed by atoms with Gasteiger partial charge >= 0.3 is 5.97 Å². The molecule has 0 spiro atoms. The first-order chi connectivity index (χ1) is 14.1. The number of hydrogen-bond donors (Lipinski definition) is 1. The van der Waals surface area contributed by atoms with Gasteiger partial charge in [0.05, 0.1) is 14.2 Å². The fraction of sp³-hybridized carbons (Fsp3) is 0.304. The second-order valence-electron chi connectivity index (χ2n) is 7.38. The number of carbonyl (C=O) groups is 2. The van der Waals surface area contributed by atoms with Crippen LogP contribution < -0.4 is 18.9 Å². The molecule has 2 aromatic rings. The molecule has 7 heteroatoms. The van der Waals surface area contributed by atoms with Crippen molar-refractivity contribution in [2.24, 2.45) is 0 Å². The van der Waals surface area contributed by atoms with Gasteiger partial charge in [0.2, 0.25) is 5.75 Å². The molecule has 0 fully saturated rings. The van der Waals surface area contributed by atoms with Crippen LogP contribution in [0.1, 0.15) is 36.7 Å². The SMILES string of the molecule is COc1cc(C=CC(=O)c2cccc(OCC(=O)O)c2)cc(OC(C)(C)C)c1OC. The number of carbonyl (C=O) groups excluding carboxylic acids is 1. The van der Waals surface area contributed by atoms with Crippen LogP contribution in [-0.2, 0) is 4.79 Å². The van der Waals surface area contributed by atoms with Crippen molar-refractivity contribution >= 4 is 17.8 Å². The molecule has 0 unspecified atom stereocenters. The monoisotopic (exact) mass is 414 g/mol. The number of carboxylic acid groups (broad SMARTS) is 1. The van der Waals surface area contributed by atoms with Crippen molar-refractivity contribution in [3.8, 4) is 23.0 Å². The standard InChI is InChI=1S/C23H26O7/c1-23(2,3)30-20-12-15(11-19(27-4)22(20)28-5)9-10-18(24)16-7-6-8-17(13-16)29-14-21(25)26/h6-13H,14H2,1-5H3,(H,25,26). The molecule has 0 amide bonds. The summed E-state index contributed by atoms with van der Waals surface area (Å²) in [5.41, 5.74) is 0.617. The predicted molar refractivity (Wildman–Crippen MR) is 113 cm³/mol. The smallest absolute Gasteiger partial charge is 0.341 e. The van der Waals surface area contributed by atoms with Gasteiger partial charge in [0.25, 0.3) is 0 Å². The first-order valence-corrected chi connectivity index (χ1v) is 9.25. The predicted octanol–water partition coefficient (Wildman–Crippen LogP) is 4.24. The lowest BCUT2D eigenvalue weighted by Gasteiger charge is -2.24. The quantitative estimate of drug-likeness (QED) is 0.485. The topological polar surface area (TPSA) is 91.3 Å². The summed E-state index contributed by atoms with van der Waals surface area (Å²) in [4.78, 5) is 23.2. The van der Waals surface area contributed by atoms with E-state index in [0.29, 0.717) is 34.1 Å². The summed E-state index contributed by atoms with van der Waals surface area (Å²) in [7, 11) is 3.06. The summed E-state index contributed by atoms with van der Waals surface area (Å²) < 4.78 is 21.9. The number of aliphatic carboxylic acids is 1. The van der Waals surface area contributed by atoms with Gasteiger partial charge in [0, 0.05) is 5.56 Å². The summed E-state index contributed by atoms with van der Waals surface area (Å²) >= 11 is 0. The highest BCUT2D eigenvalue weighted by Gasteiger charge is 2.19. The van der Waals surface area contributed by atoms with E-state index < -0.39 is 18.2 Å². The highest BCUT2D eigenvalue weighted by molar-refractivity contribution is 6.07. The number of rotatable bonds is 9. The number of allylic oxidation sites excluding steroid dienone is 1. The Morgan fingerprint density at radius 3 is 2.33 bits per heavy atom. The van der Waals surface area contributed by atoms with E-state index >= 15 is 0 Å². The third-order valence-electron chi connectivity index (χ3n) is 3.79. The second kappa shape index (κ2) is 9.82. The Labute approximate surface area is 175 Å². The number of methoxy groups -OCH3 is 2. The van der Waals surface area contributed by atoms with Gasteiger partial charge in [-0.3, -0.25) is 4.79 Å². The molecule has 0 saturated heterocycles. The van der Waals surface area contributed by atoms with Crippen LogP contribution in [0.4, 0.5) is 0 Å². The van der Waals surface area contributed by atoms with Crippen LogP contribution in [0.3, 0.4) is 0 Å². The minimum atomic E-state index is -1.09. The summed E-state index contributed by atoms with van der Waals surface area (Å²) in [6, 6.07) is 9.85. The van der Waals surface area contributed by atoms with Crippen molar-refractivity contribution in [1.82, 2.24) is 0 Å². The Morgan fingerprint density at radius 2 is 1.73 bits per heavy atom. The van der Waals surface area contributed by atoms with Crippen LogP contribution in [0.2, 0.25) is 0 Å². The molecule has 1 N–H and O–H groups in total. The minimum Gasteiger partial charge on any atom is -0.493 e. The first-order valence-electron chi connectivity index (χ1n) is 9.25. The number of benzene rings is 2. The van der Waals surface area contributed by atoms with Crippen LogP contribution >= 0.6 is 0 Å². The number of hydrogen-bond acceptors (Lipinski definition) is 6. The highest BCUT2D eigenvalue weighted by atomic mass is 16.5. The molecule has 0 radical (unpaired) electrons. The average Bonchev–Trinajstić information content (AvgIpc) is 2.69. The molecule has 30 heavy (non-hydrogen) atoms. The van der Waals surface area contributed by atoms with Gasteiger partial charge in [0.1, 0.15) is 11.4 Å². The number of carboxylic acids is 1. The van der Waals surface area contributed by atoms with E-state index in [1.165, 1.54) is 26.4 Å². The van der Waals surface area contributed by atoms with Crippen LogP contribution in [0.15, 0.2) is 42.5 Å². The molecule has 0 atom stereocenters. The van der Waals surface area contributed by atoms with Gasteiger partial charge in [-0.25, -0.2) is 4.79 Å². The van der Waals surface area contributed by atoms with Crippen molar-refractivity contribution in [3.05, 3.63) is 53.6 Å². The Hall–Kier alpha value is -3.48. The largest absolute Gasteiger partial charge is 0.493 e. The number of ketones is 1. The van der Waals surface area contributed by atoms with E-state index in [0.717, 1.165) is 0 Å². The zero-order valence-electron chi connectivity index (χ0n) is 17.7. The molecular formula is C23H26O7.